The van der Waals surface area contributed by atoms with Crippen LogP contribution in [-0.2, 0) is 4.79 Å². The van der Waals surface area contributed by atoms with E-state index in [9.17, 15) is 9.59 Å². The van der Waals surface area contributed by atoms with Gasteiger partial charge < -0.3 is 20.2 Å². The maximum Gasteiger partial charge on any atom is 0.327 e. The highest BCUT2D eigenvalue weighted by Crippen LogP contribution is 2.36. The van der Waals surface area contributed by atoms with Crippen molar-refractivity contribution in [3.05, 3.63) is 0 Å². The Morgan fingerprint density at radius 2 is 2.00 bits per heavy atom. The minimum absolute atomic E-state index is 0.0108. The summed E-state index contributed by atoms with van der Waals surface area (Å²) in [6.45, 7) is 0.578. The Morgan fingerprint density at radius 1 is 1.40 bits per heavy atom. The summed E-state index contributed by atoms with van der Waals surface area (Å²) in [7, 11) is 5.68. The monoisotopic (exact) mass is 281 g/mol. The molecule has 1 unspecified atom stereocenters. The number of nitrogens with zero attached hydrogens (tertiary/aromatic N) is 2. The maximum atomic E-state index is 12.0. The molecule has 20 heavy (non-hydrogen) atoms. The van der Waals surface area contributed by atoms with E-state index in [4.69, 9.17) is 11.5 Å². The zero-order valence-corrected chi connectivity index (χ0v) is 12.3. The zero-order valence-electron chi connectivity index (χ0n) is 12.3. The summed E-state index contributed by atoms with van der Waals surface area (Å²) in [6, 6.07) is -1.44. The quantitative estimate of drug-likeness (QED) is 0.699. The van der Waals surface area contributed by atoms with Gasteiger partial charge in [0.05, 0.1) is 0 Å². The van der Waals surface area contributed by atoms with Crippen LogP contribution >= 0.6 is 0 Å². The molecular formula is C14H23N3O3. The molecule has 1 aliphatic carbocycles. The second-order valence-corrected chi connectivity index (χ2v) is 5.58. The predicted molar refractivity (Wildman–Crippen MR) is 76.3 cm³/mol. The van der Waals surface area contributed by atoms with E-state index in [-0.39, 0.29) is 12.0 Å². The van der Waals surface area contributed by atoms with Crippen molar-refractivity contribution in [2.45, 2.75) is 37.3 Å². The highest BCUT2D eigenvalue weighted by molar-refractivity contribution is 5.82. The van der Waals surface area contributed by atoms with Crippen LogP contribution in [0.15, 0.2) is 0 Å². The van der Waals surface area contributed by atoms with Crippen molar-refractivity contribution in [3.63, 3.8) is 0 Å². The van der Waals surface area contributed by atoms with Crippen LogP contribution in [0.4, 0.5) is 4.79 Å². The Balaban J connectivity index is 2.58. The van der Waals surface area contributed by atoms with Crippen LogP contribution in [0.1, 0.15) is 25.7 Å². The van der Waals surface area contributed by atoms with Gasteiger partial charge in [-0.25, -0.2) is 9.59 Å². The summed E-state index contributed by atoms with van der Waals surface area (Å²) < 4.78 is 0. The standard InChI is InChI=1S/C14H23N3O3/c1-5-7-11(12(18)19)15-13(20)17(4)10-14(16(2)3)8-6-9-14/h1,11H,6-10H2,2-4H3,(H,15,20)(H,18,19). The molecule has 0 radical (unpaired) electrons. The van der Waals surface area contributed by atoms with Gasteiger partial charge in [-0.2, -0.15) is 0 Å². The van der Waals surface area contributed by atoms with E-state index < -0.39 is 18.0 Å². The number of carbonyl (C=O) groups excluding carboxylic acids is 1. The minimum atomic E-state index is -1.12. The second kappa shape index (κ2) is 6.62. The summed E-state index contributed by atoms with van der Waals surface area (Å²) in [5.41, 5.74) is 0.0108. The maximum absolute atomic E-state index is 12.0. The molecule has 6 nitrogen and oxygen atoms in total. The lowest BCUT2D eigenvalue weighted by Gasteiger charge is -2.49. The van der Waals surface area contributed by atoms with Gasteiger partial charge in [-0.15, -0.1) is 12.3 Å². The van der Waals surface area contributed by atoms with Crippen LogP contribution in [-0.4, -0.2) is 66.2 Å². The molecule has 0 saturated heterocycles. The number of terminal acetylenes is 1. The molecule has 1 fully saturated rings. The Bertz CT molecular complexity index is 410. The third-order valence-electron chi connectivity index (χ3n) is 4.03. The van der Waals surface area contributed by atoms with E-state index in [1.54, 1.807) is 7.05 Å². The average molecular weight is 281 g/mol. The van der Waals surface area contributed by atoms with E-state index in [2.05, 4.69) is 16.1 Å². The Morgan fingerprint density at radius 3 is 2.35 bits per heavy atom. The smallest absolute Gasteiger partial charge is 0.327 e. The van der Waals surface area contributed by atoms with Crippen molar-refractivity contribution in [1.29, 1.82) is 0 Å². The fraction of sp³-hybridized carbons (Fsp3) is 0.714. The third kappa shape index (κ3) is 3.64. The molecule has 6 heteroatoms. The van der Waals surface area contributed by atoms with Crippen LogP contribution in [0, 0.1) is 12.3 Å². The van der Waals surface area contributed by atoms with Crippen LogP contribution < -0.4 is 5.32 Å². The third-order valence-corrected chi connectivity index (χ3v) is 4.03. The number of urea groups is 1. The molecular weight excluding hydrogens is 258 g/mol. The van der Waals surface area contributed by atoms with Gasteiger partial charge in [-0.1, -0.05) is 0 Å². The molecule has 2 amide bonds. The highest BCUT2D eigenvalue weighted by Gasteiger charge is 2.40. The van der Waals surface area contributed by atoms with Gasteiger partial charge in [0.25, 0.3) is 0 Å². The number of rotatable bonds is 6. The fourth-order valence-corrected chi connectivity index (χ4v) is 2.42. The summed E-state index contributed by atoms with van der Waals surface area (Å²) in [5.74, 6) is 1.14. The van der Waals surface area contributed by atoms with Crippen molar-refractivity contribution >= 4 is 12.0 Å². The molecule has 1 saturated carbocycles. The molecule has 1 aliphatic rings. The lowest BCUT2D eigenvalue weighted by atomic mass is 9.75. The molecule has 2 N–H and O–H groups in total. The number of amides is 2. The number of hydrogen-bond acceptors (Lipinski definition) is 3. The Kier molecular flexibility index (Phi) is 5.40. The SMILES string of the molecule is C#CCC(NC(=O)N(C)CC1(N(C)C)CCC1)C(=O)O. The molecule has 0 heterocycles. The first kappa shape index (κ1) is 16.3. The van der Waals surface area contributed by atoms with Crippen LogP contribution in [0.5, 0.6) is 0 Å². The number of nitrogens with one attached hydrogen (secondary N) is 1. The van der Waals surface area contributed by atoms with E-state index >= 15 is 0 Å². The van der Waals surface area contributed by atoms with Gasteiger partial charge in [0, 0.05) is 25.6 Å². The molecule has 0 spiro atoms. The van der Waals surface area contributed by atoms with Gasteiger partial charge in [0.15, 0.2) is 0 Å². The average Bonchev–Trinajstić information content (AvgIpc) is 2.31. The van der Waals surface area contributed by atoms with Gasteiger partial charge in [-0.3, -0.25) is 0 Å². The summed E-state index contributed by atoms with van der Waals surface area (Å²) >= 11 is 0. The summed E-state index contributed by atoms with van der Waals surface area (Å²) in [4.78, 5) is 26.7. The first-order valence-corrected chi connectivity index (χ1v) is 6.68. The molecule has 1 rings (SSSR count). The molecule has 1 atom stereocenters. The number of aliphatic carboxylic acids is 1. The summed E-state index contributed by atoms with van der Waals surface area (Å²) in [6.07, 6.45) is 8.33. The molecule has 0 bridgehead atoms. The Labute approximate surface area is 120 Å². The van der Waals surface area contributed by atoms with Gasteiger partial charge in [0.2, 0.25) is 0 Å². The second-order valence-electron chi connectivity index (χ2n) is 5.58. The largest absolute Gasteiger partial charge is 0.480 e. The van der Waals surface area contributed by atoms with Crippen molar-refractivity contribution in [2.24, 2.45) is 0 Å². The van der Waals surface area contributed by atoms with Crippen LogP contribution in [0.2, 0.25) is 0 Å². The number of carbonyl (C=O) groups is 2. The molecule has 0 aromatic heterocycles. The van der Waals surface area contributed by atoms with Gasteiger partial charge >= 0.3 is 12.0 Å². The van der Waals surface area contributed by atoms with Crippen molar-refractivity contribution < 1.29 is 14.7 Å². The highest BCUT2D eigenvalue weighted by atomic mass is 16.4. The first-order valence-electron chi connectivity index (χ1n) is 6.68. The molecule has 0 aromatic rings. The fourth-order valence-electron chi connectivity index (χ4n) is 2.42. The summed E-state index contributed by atoms with van der Waals surface area (Å²) in [5, 5.41) is 11.4. The lowest BCUT2D eigenvalue weighted by molar-refractivity contribution is -0.139. The van der Waals surface area contributed by atoms with Crippen LogP contribution in [0.25, 0.3) is 0 Å². The number of likely N-dealkylation sites (N-methyl/N-ethyl adjacent to an activating group) is 2. The molecule has 112 valence electrons. The van der Waals surface area contributed by atoms with Gasteiger partial charge in [0.1, 0.15) is 6.04 Å². The number of carboxylic acid groups (broad SMARTS) is 1. The number of hydrogen-bond donors (Lipinski definition) is 2. The first-order chi connectivity index (χ1) is 9.32. The molecule has 0 aromatic carbocycles. The van der Waals surface area contributed by atoms with Crippen molar-refractivity contribution in [3.8, 4) is 12.3 Å². The van der Waals surface area contributed by atoms with Gasteiger partial charge in [-0.05, 0) is 33.4 Å². The zero-order chi connectivity index (χ0) is 15.3. The van der Waals surface area contributed by atoms with E-state index in [0.29, 0.717) is 6.54 Å². The van der Waals surface area contributed by atoms with Crippen molar-refractivity contribution in [1.82, 2.24) is 15.1 Å². The normalized spacial score (nSPS) is 17.8. The molecule has 0 aliphatic heterocycles. The minimum Gasteiger partial charge on any atom is -0.480 e. The van der Waals surface area contributed by atoms with E-state index in [1.165, 1.54) is 4.90 Å². The topological polar surface area (TPSA) is 72.9 Å². The van der Waals surface area contributed by atoms with Crippen molar-refractivity contribution in [2.75, 3.05) is 27.7 Å². The van der Waals surface area contributed by atoms with Crippen LogP contribution in [0.3, 0.4) is 0 Å². The van der Waals surface area contributed by atoms with E-state index in [0.717, 1.165) is 19.3 Å². The lowest BCUT2D eigenvalue weighted by Crippen LogP contribution is -2.59. The Hall–Kier alpha value is -1.74. The van der Waals surface area contributed by atoms with E-state index in [1.807, 2.05) is 14.1 Å². The predicted octanol–water partition coefficient (Wildman–Crippen LogP) is 0.589. The number of carboxylic acids is 1.